The van der Waals surface area contributed by atoms with Crippen LogP contribution in [0.4, 0.5) is 15.8 Å². The largest absolute Gasteiger partial charge is 0.323 e. The maximum atomic E-state index is 13.1. The minimum absolute atomic E-state index is 0.0731. The van der Waals surface area contributed by atoms with E-state index in [-0.39, 0.29) is 24.1 Å². The Morgan fingerprint density at radius 3 is 2.34 bits per heavy atom. The Labute approximate surface area is 188 Å². The van der Waals surface area contributed by atoms with Crippen molar-refractivity contribution in [3.8, 4) is 0 Å². The van der Waals surface area contributed by atoms with Gasteiger partial charge in [-0.1, -0.05) is 30.3 Å². The van der Waals surface area contributed by atoms with Gasteiger partial charge >= 0.3 is 0 Å². The number of hydrogen-bond donors (Lipinski definition) is 1. The van der Waals surface area contributed by atoms with E-state index in [0.717, 1.165) is 15.4 Å². The quantitative estimate of drug-likeness (QED) is 0.432. The number of imide groups is 1. The molecule has 0 aliphatic carbocycles. The number of anilines is 2. The highest BCUT2D eigenvalue weighted by Gasteiger charge is 2.40. The van der Waals surface area contributed by atoms with Gasteiger partial charge in [0.15, 0.2) is 0 Å². The summed E-state index contributed by atoms with van der Waals surface area (Å²) in [5.74, 6) is -1.31. The van der Waals surface area contributed by atoms with Gasteiger partial charge in [-0.25, -0.2) is 9.29 Å². The van der Waals surface area contributed by atoms with Gasteiger partial charge in [-0.3, -0.25) is 14.4 Å². The third kappa shape index (κ3) is 5.12. The van der Waals surface area contributed by atoms with E-state index in [1.165, 1.54) is 42.1 Å². The van der Waals surface area contributed by atoms with E-state index in [4.69, 9.17) is 0 Å². The number of amides is 3. The van der Waals surface area contributed by atoms with Gasteiger partial charge in [0.2, 0.25) is 17.7 Å². The molecule has 0 radical (unpaired) electrons. The lowest BCUT2D eigenvalue weighted by Crippen LogP contribution is -2.31. The molecule has 3 aromatic carbocycles. The highest BCUT2D eigenvalue weighted by molar-refractivity contribution is 8.00. The second-order valence-corrected chi connectivity index (χ2v) is 8.39. The Hall–Kier alpha value is -3.71. The van der Waals surface area contributed by atoms with E-state index >= 15 is 0 Å². The molecule has 160 valence electrons. The summed E-state index contributed by atoms with van der Waals surface area (Å²) in [6.07, 6.45) is 3.27. The number of halogens is 1. The number of thioether (sulfide) groups is 1. The molecular weight excluding hydrogens is 427 g/mol. The number of carbonyl (C=O) groups is 3. The first-order valence-corrected chi connectivity index (χ1v) is 10.8. The zero-order valence-corrected chi connectivity index (χ0v) is 17.7. The topological polar surface area (TPSA) is 66.5 Å². The van der Waals surface area contributed by atoms with Crippen LogP contribution in [0.5, 0.6) is 0 Å². The number of carbonyl (C=O) groups excluding carboxylic acids is 3. The number of nitrogens with zero attached hydrogens (tertiary/aromatic N) is 1. The minimum Gasteiger partial charge on any atom is -0.323 e. The molecular formula is C25H19FN2O3S. The van der Waals surface area contributed by atoms with Crippen molar-refractivity contribution in [1.29, 1.82) is 0 Å². The lowest BCUT2D eigenvalue weighted by molar-refractivity contribution is -0.121. The van der Waals surface area contributed by atoms with E-state index in [2.05, 4.69) is 5.32 Å². The van der Waals surface area contributed by atoms with Crippen molar-refractivity contribution in [1.82, 2.24) is 0 Å². The monoisotopic (exact) mass is 446 g/mol. The zero-order chi connectivity index (χ0) is 22.5. The Balaban J connectivity index is 1.36. The van der Waals surface area contributed by atoms with E-state index in [1.54, 1.807) is 30.3 Å². The van der Waals surface area contributed by atoms with Gasteiger partial charge in [-0.05, 0) is 60.2 Å². The van der Waals surface area contributed by atoms with Crippen LogP contribution in [0.3, 0.4) is 0 Å². The summed E-state index contributed by atoms with van der Waals surface area (Å²) >= 11 is 1.29. The number of benzene rings is 3. The molecule has 1 unspecified atom stereocenters. The number of hydrogen-bond acceptors (Lipinski definition) is 4. The molecule has 32 heavy (non-hydrogen) atoms. The first-order valence-electron chi connectivity index (χ1n) is 9.93. The van der Waals surface area contributed by atoms with Gasteiger partial charge in [0.05, 0.1) is 10.9 Å². The van der Waals surface area contributed by atoms with Crippen molar-refractivity contribution in [3.63, 3.8) is 0 Å². The smallest absolute Gasteiger partial charge is 0.248 e. The standard InChI is InChI=1S/C25H19FN2O3S/c26-18-7-11-20(12-8-18)28-24(30)16-22(25(28)31)32-21-13-9-19(10-14-21)27-23(29)15-6-17-4-2-1-3-5-17/h1-15,22H,16H2,(H,27,29)/b15-6+. The van der Waals surface area contributed by atoms with Crippen molar-refractivity contribution >= 4 is 46.9 Å². The van der Waals surface area contributed by atoms with Gasteiger partial charge < -0.3 is 5.32 Å². The van der Waals surface area contributed by atoms with Crippen LogP contribution in [-0.4, -0.2) is 23.0 Å². The van der Waals surface area contributed by atoms with E-state index < -0.39 is 11.1 Å². The van der Waals surface area contributed by atoms with Crippen LogP contribution in [0.2, 0.25) is 0 Å². The van der Waals surface area contributed by atoms with Crippen LogP contribution in [0.15, 0.2) is 89.8 Å². The fourth-order valence-corrected chi connectivity index (χ4v) is 4.31. The molecule has 5 nitrogen and oxygen atoms in total. The van der Waals surface area contributed by atoms with E-state index in [0.29, 0.717) is 11.4 Å². The van der Waals surface area contributed by atoms with Gasteiger partial charge in [0.1, 0.15) is 5.82 Å². The Morgan fingerprint density at radius 2 is 1.66 bits per heavy atom. The van der Waals surface area contributed by atoms with Gasteiger partial charge in [0.25, 0.3) is 0 Å². The summed E-state index contributed by atoms with van der Waals surface area (Å²) in [5.41, 5.74) is 1.92. The molecule has 7 heteroatoms. The predicted octanol–water partition coefficient (Wildman–Crippen LogP) is 4.90. The molecule has 0 spiro atoms. The average Bonchev–Trinajstić information content (AvgIpc) is 3.08. The summed E-state index contributed by atoms with van der Waals surface area (Å²) in [5, 5.41) is 2.23. The van der Waals surface area contributed by atoms with Crippen molar-refractivity contribution in [2.24, 2.45) is 0 Å². The molecule has 1 saturated heterocycles. The fourth-order valence-electron chi connectivity index (χ4n) is 3.26. The third-order valence-electron chi connectivity index (χ3n) is 4.82. The SMILES string of the molecule is O=C(/C=C/c1ccccc1)Nc1ccc(SC2CC(=O)N(c3ccc(F)cc3)C2=O)cc1. The molecule has 3 aromatic rings. The maximum absolute atomic E-state index is 13.1. The maximum Gasteiger partial charge on any atom is 0.248 e. The first-order chi connectivity index (χ1) is 15.5. The van der Waals surface area contributed by atoms with Crippen LogP contribution in [0.25, 0.3) is 6.08 Å². The average molecular weight is 447 g/mol. The van der Waals surface area contributed by atoms with Crippen LogP contribution >= 0.6 is 11.8 Å². The second-order valence-electron chi connectivity index (χ2n) is 7.11. The lowest BCUT2D eigenvalue weighted by Gasteiger charge is -2.15. The fraction of sp³-hybridized carbons (Fsp3) is 0.0800. The molecule has 4 rings (SSSR count). The van der Waals surface area contributed by atoms with E-state index in [1.807, 2.05) is 30.3 Å². The minimum atomic E-state index is -0.554. The molecule has 1 aliphatic rings. The molecule has 1 heterocycles. The summed E-state index contributed by atoms with van der Waals surface area (Å²) in [6, 6.07) is 21.9. The van der Waals surface area contributed by atoms with Crippen molar-refractivity contribution in [3.05, 3.63) is 96.3 Å². The van der Waals surface area contributed by atoms with Gasteiger partial charge in [-0.2, -0.15) is 0 Å². The highest BCUT2D eigenvalue weighted by Crippen LogP contribution is 2.34. The summed E-state index contributed by atoms with van der Waals surface area (Å²) < 4.78 is 13.1. The molecule has 1 atom stereocenters. The third-order valence-corrected chi connectivity index (χ3v) is 6.01. The Kier molecular flexibility index (Phi) is 6.47. The lowest BCUT2D eigenvalue weighted by atomic mass is 10.2. The van der Waals surface area contributed by atoms with Crippen LogP contribution in [-0.2, 0) is 14.4 Å². The normalized spacial score (nSPS) is 16.0. The molecule has 1 fully saturated rings. The van der Waals surface area contributed by atoms with Crippen LogP contribution < -0.4 is 10.2 Å². The van der Waals surface area contributed by atoms with Gasteiger partial charge in [-0.15, -0.1) is 11.8 Å². The van der Waals surface area contributed by atoms with Crippen LogP contribution in [0, 0.1) is 5.82 Å². The van der Waals surface area contributed by atoms with Crippen LogP contribution in [0.1, 0.15) is 12.0 Å². The van der Waals surface area contributed by atoms with Crippen molar-refractivity contribution < 1.29 is 18.8 Å². The molecule has 0 aromatic heterocycles. The summed E-state index contributed by atoms with van der Waals surface area (Å²) in [6.45, 7) is 0. The predicted molar refractivity (Wildman–Crippen MR) is 124 cm³/mol. The Morgan fingerprint density at radius 1 is 0.969 bits per heavy atom. The summed E-state index contributed by atoms with van der Waals surface area (Å²) in [7, 11) is 0. The van der Waals surface area contributed by atoms with Gasteiger partial charge in [0, 0.05) is 23.1 Å². The first kappa shape index (κ1) is 21.5. The summed E-state index contributed by atoms with van der Waals surface area (Å²) in [4.78, 5) is 39.1. The Bertz CT molecular complexity index is 1160. The number of rotatable bonds is 6. The van der Waals surface area contributed by atoms with E-state index in [9.17, 15) is 18.8 Å². The highest BCUT2D eigenvalue weighted by atomic mass is 32.2. The molecule has 1 aliphatic heterocycles. The van der Waals surface area contributed by atoms with Crippen molar-refractivity contribution in [2.45, 2.75) is 16.6 Å². The molecule has 1 N–H and O–H groups in total. The second kappa shape index (κ2) is 9.62. The number of nitrogens with one attached hydrogen (secondary N) is 1. The molecule has 0 saturated carbocycles. The molecule has 3 amide bonds. The molecule has 0 bridgehead atoms. The van der Waals surface area contributed by atoms with Crippen molar-refractivity contribution in [2.75, 3.05) is 10.2 Å². The zero-order valence-electron chi connectivity index (χ0n) is 16.9.